The maximum atomic E-state index is 14.2. The molecule has 0 aliphatic carbocycles. The van der Waals surface area contributed by atoms with E-state index in [4.69, 9.17) is 16.5 Å². The van der Waals surface area contributed by atoms with Gasteiger partial charge >= 0.3 is 6.36 Å². The molecule has 0 aliphatic heterocycles. The number of nitrogens with zero attached hydrogens (tertiary/aromatic N) is 1. The Kier molecular flexibility index (Phi) is 5.66. The summed E-state index contributed by atoms with van der Waals surface area (Å²) in [4.78, 5) is 0. The molecule has 0 fully saturated rings. The Morgan fingerprint density at radius 3 is 2.46 bits per heavy atom. The fraction of sp³-hybridized carbons (Fsp3) is 0.188. The Labute approximate surface area is 140 Å². The van der Waals surface area contributed by atoms with Gasteiger partial charge in [-0.15, -0.1) is 17.7 Å². The van der Waals surface area contributed by atoms with E-state index in [-0.39, 0.29) is 23.6 Å². The van der Waals surface area contributed by atoms with E-state index in [1.807, 2.05) is 0 Å². The van der Waals surface area contributed by atoms with Crippen LogP contribution in [0.3, 0.4) is 0 Å². The molecule has 3 nitrogen and oxygen atoms in total. The predicted octanol–water partition coefficient (Wildman–Crippen LogP) is 5.33. The zero-order chi connectivity index (χ0) is 17.7. The minimum Gasteiger partial charge on any atom is -0.477 e. The largest absolute Gasteiger partial charge is 0.573 e. The maximum Gasteiger partial charge on any atom is 0.573 e. The van der Waals surface area contributed by atoms with Crippen molar-refractivity contribution in [3.63, 3.8) is 0 Å². The quantitative estimate of drug-likeness (QED) is 0.419. The molecule has 2 aromatic rings. The number of alkyl halides is 3. The van der Waals surface area contributed by atoms with Gasteiger partial charge in [0, 0.05) is 28.5 Å². The predicted molar refractivity (Wildman–Crippen MR) is 82.5 cm³/mol. The van der Waals surface area contributed by atoms with Crippen molar-refractivity contribution in [2.45, 2.75) is 13.3 Å². The van der Waals surface area contributed by atoms with Crippen molar-refractivity contribution in [3.8, 4) is 16.9 Å². The van der Waals surface area contributed by atoms with E-state index in [1.165, 1.54) is 30.3 Å². The van der Waals surface area contributed by atoms with E-state index in [9.17, 15) is 17.6 Å². The molecule has 0 heterocycles. The smallest absolute Gasteiger partial charge is 0.477 e. The van der Waals surface area contributed by atoms with Crippen molar-refractivity contribution < 1.29 is 27.0 Å². The topological polar surface area (TPSA) is 30.8 Å². The number of rotatable bonds is 4. The fourth-order valence-electron chi connectivity index (χ4n) is 2.06. The number of benzene rings is 2. The monoisotopic (exact) mass is 361 g/mol. The summed E-state index contributed by atoms with van der Waals surface area (Å²) in [6.07, 6.45) is -4.89. The first-order chi connectivity index (χ1) is 11.4. The SMILES string of the molecule is CCO/C(=N\Cl)c1ccc(F)c(-c2ccccc2OC(F)(F)F)c1. The van der Waals surface area contributed by atoms with Crippen LogP contribution in [0.2, 0.25) is 0 Å². The molecule has 0 radical (unpaired) electrons. The molecule has 0 atom stereocenters. The normalized spacial score (nSPS) is 12.2. The first-order valence-electron chi connectivity index (χ1n) is 6.82. The second-order valence-electron chi connectivity index (χ2n) is 4.56. The molecule has 0 amide bonds. The first-order valence-corrected chi connectivity index (χ1v) is 7.16. The molecule has 24 heavy (non-hydrogen) atoms. The number of ether oxygens (including phenoxy) is 2. The number of halogens is 5. The van der Waals surface area contributed by atoms with Crippen molar-refractivity contribution in [1.82, 2.24) is 0 Å². The third-order valence-electron chi connectivity index (χ3n) is 2.97. The number of hydrogen-bond acceptors (Lipinski definition) is 3. The molecule has 0 aliphatic rings. The Balaban J connectivity index is 2.53. The summed E-state index contributed by atoms with van der Waals surface area (Å²) in [5.74, 6) is -1.20. The molecule has 0 saturated carbocycles. The van der Waals surface area contributed by atoms with Gasteiger partial charge in [-0.3, -0.25) is 0 Å². The van der Waals surface area contributed by atoms with Gasteiger partial charge in [0.15, 0.2) is 0 Å². The molecule has 2 rings (SSSR count). The van der Waals surface area contributed by atoms with Crippen LogP contribution >= 0.6 is 11.8 Å². The number of para-hydroxylation sites is 1. The Morgan fingerprint density at radius 2 is 1.83 bits per heavy atom. The van der Waals surface area contributed by atoms with Crippen LogP contribution in [-0.2, 0) is 4.74 Å². The highest BCUT2D eigenvalue weighted by Crippen LogP contribution is 2.35. The molecule has 8 heteroatoms. The average Bonchev–Trinajstić information content (AvgIpc) is 2.52. The lowest BCUT2D eigenvalue weighted by Crippen LogP contribution is -2.17. The molecule has 0 spiro atoms. The van der Waals surface area contributed by atoms with Crippen molar-refractivity contribution in [2.24, 2.45) is 4.51 Å². The van der Waals surface area contributed by atoms with Gasteiger partial charge in [-0.2, -0.15) is 0 Å². The molecular formula is C16H12ClF4NO2. The minimum atomic E-state index is -4.89. The van der Waals surface area contributed by atoms with E-state index in [2.05, 4.69) is 9.25 Å². The second kappa shape index (κ2) is 7.53. The average molecular weight is 362 g/mol. The molecule has 0 aromatic heterocycles. The van der Waals surface area contributed by atoms with Gasteiger partial charge in [-0.05, 0) is 31.2 Å². The lowest BCUT2D eigenvalue weighted by molar-refractivity contribution is -0.274. The summed E-state index contributed by atoms with van der Waals surface area (Å²) < 4.78 is 64.3. The third kappa shape index (κ3) is 4.38. The van der Waals surface area contributed by atoms with Gasteiger partial charge < -0.3 is 9.47 Å². The summed E-state index contributed by atoms with van der Waals surface area (Å²) in [7, 11) is 0. The van der Waals surface area contributed by atoms with Crippen molar-refractivity contribution in [3.05, 3.63) is 53.8 Å². The zero-order valence-corrected chi connectivity index (χ0v) is 13.2. The highest BCUT2D eigenvalue weighted by molar-refractivity contribution is 6.21. The Hall–Kier alpha value is -2.28. The van der Waals surface area contributed by atoms with Gasteiger partial charge in [0.2, 0.25) is 5.90 Å². The highest BCUT2D eigenvalue weighted by Gasteiger charge is 2.32. The van der Waals surface area contributed by atoms with E-state index in [0.717, 1.165) is 12.1 Å². The Bertz CT molecular complexity index is 747. The Morgan fingerprint density at radius 1 is 1.12 bits per heavy atom. The molecule has 0 unspecified atom stereocenters. The zero-order valence-electron chi connectivity index (χ0n) is 12.4. The van der Waals surface area contributed by atoms with Crippen molar-refractivity contribution >= 4 is 17.7 Å². The molecule has 0 N–H and O–H groups in total. The third-order valence-corrected chi connectivity index (χ3v) is 3.13. The highest BCUT2D eigenvalue weighted by atomic mass is 35.5. The molecule has 0 bridgehead atoms. The van der Waals surface area contributed by atoms with Gasteiger partial charge in [0.1, 0.15) is 11.6 Å². The van der Waals surface area contributed by atoms with Gasteiger partial charge in [0.25, 0.3) is 0 Å². The van der Waals surface area contributed by atoms with E-state index in [0.29, 0.717) is 5.56 Å². The molecule has 128 valence electrons. The van der Waals surface area contributed by atoms with E-state index in [1.54, 1.807) is 6.92 Å². The summed E-state index contributed by atoms with van der Waals surface area (Å²) in [6.45, 7) is 1.98. The summed E-state index contributed by atoms with van der Waals surface area (Å²) in [6, 6.07) is 9.02. The van der Waals surface area contributed by atoms with Crippen LogP contribution in [0.1, 0.15) is 12.5 Å². The standard InChI is InChI=1S/C16H12ClF4NO2/c1-2-23-15(22-17)10-7-8-13(18)12(9-10)11-5-3-4-6-14(11)24-16(19,20)21/h3-9H,2H2,1H3/b22-15-. The van der Waals surface area contributed by atoms with Crippen LogP contribution in [0.5, 0.6) is 5.75 Å². The van der Waals surface area contributed by atoms with Gasteiger partial charge in [-0.25, -0.2) is 4.39 Å². The van der Waals surface area contributed by atoms with Crippen LogP contribution in [0.25, 0.3) is 11.1 Å². The molecule has 0 saturated heterocycles. The maximum absolute atomic E-state index is 14.2. The first kappa shape index (κ1) is 18.1. The van der Waals surface area contributed by atoms with Crippen LogP contribution in [0.15, 0.2) is 47.0 Å². The van der Waals surface area contributed by atoms with Crippen LogP contribution in [-0.4, -0.2) is 18.9 Å². The van der Waals surface area contributed by atoms with Gasteiger partial charge in [0.05, 0.1) is 6.61 Å². The van der Waals surface area contributed by atoms with Crippen molar-refractivity contribution in [1.29, 1.82) is 0 Å². The lowest BCUT2D eigenvalue weighted by atomic mass is 10.0. The summed E-state index contributed by atoms with van der Waals surface area (Å²) >= 11 is 5.43. The van der Waals surface area contributed by atoms with Gasteiger partial charge in [-0.1, -0.05) is 18.2 Å². The minimum absolute atomic E-state index is 0.0367. The van der Waals surface area contributed by atoms with Crippen molar-refractivity contribution in [2.75, 3.05) is 6.61 Å². The molecule has 2 aromatic carbocycles. The molecular weight excluding hydrogens is 350 g/mol. The summed E-state index contributed by atoms with van der Waals surface area (Å²) in [5, 5.41) is 0. The number of hydrogen-bond donors (Lipinski definition) is 0. The van der Waals surface area contributed by atoms with Crippen LogP contribution < -0.4 is 4.74 Å². The lowest BCUT2D eigenvalue weighted by Gasteiger charge is -2.14. The van der Waals surface area contributed by atoms with Crippen LogP contribution in [0, 0.1) is 5.82 Å². The fourth-order valence-corrected chi connectivity index (χ4v) is 2.21. The summed E-state index contributed by atoms with van der Waals surface area (Å²) in [5.41, 5.74) is 0.175. The van der Waals surface area contributed by atoms with E-state index >= 15 is 0 Å². The second-order valence-corrected chi connectivity index (χ2v) is 4.73. The van der Waals surface area contributed by atoms with Crippen LogP contribution in [0.4, 0.5) is 17.6 Å². The van der Waals surface area contributed by atoms with E-state index < -0.39 is 17.9 Å².